The van der Waals surface area contributed by atoms with Crippen LogP contribution in [0.5, 0.6) is 0 Å². The summed E-state index contributed by atoms with van der Waals surface area (Å²) in [4.78, 5) is 21.2. The van der Waals surface area contributed by atoms with E-state index in [0.717, 1.165) is 36.3 Å². The zero-order valence-corrected chi connectivity index (χ0v) is 14.7. The van der Waals surface area contributed by atoms with Crippen molar-refractivity contribution in [2.24, 2.45) is 0 Å². The second-order valence-corrected chi connectivity index (χ2v) is 5.82. The molecule has 0 fully saturated rings. The first-order valence-corrected chi connectivity index (χ1v) is 8.62. The molecule has 0 aliphatic rings. The molecule has 0 radical (unpaired) electrons. The Hall–Kier alpha value is -2.43. The zero-order valence-electron chi connectivity index (χ0n) is 14.7. The Morgan fingerprint density at radius 1 is 1.12 bits per heavy atom. The highest BCUT2D eigenvalue weighted by Crippen LogP contribution is 2.17. The summed E-state index contributed by atoms with van der Waals surface area (Å²) in [6.07, 6.45) is 4.27. The molecule has 0 aliphatic heterocycles. The summed E-state index contributed by atoms with van der Waals surface area (Å²) in [5.74, 6) is 0.304. The highest BCUT2D eigenvalue weighted by Gasteiger charge is 2.12. The quantitative estimate of drug-likeness (QED) is 0.713. The molecule has 0 bridgehead atoms. The predicted molar refractivity (Wildman–Crippen MR) is 98.6 cm³/mol. The van der Waals surface area contributed by atoms with Crippen LogP contribution in [0.4, 0.5) is 11.6 Å². The average Bonchev–Trinajstić information content (AvgIpc) is 2.58. The number of anilines is 2. The van der Waals surface area contributed by atoms with Crippen LogP contribution < -0.4 is 10.6 Å². The van der Waals surface area contributed by atoms with Gasteiger partial charge in [0.15, 0.2) is 0 Å². The molecule has 0 saturated heterocycles. The lowest BCUT2D eigenvalue weighted by Gasteiger charge is -2.11. The SMILES string of the molecule is CCCCCNc1nc(C)cc(C(=O)Nc2ccccc2CC)n1. The summed E-state index contributed by atoms with van der Waals surface area (Å²) in [7, 11) is 0. The summed E-state index contributed by atoms with van der Waals surface area (Å²) < 4.78 is 0. The maximum Gasteiger partial charge on any atom is 0.274 e. The van der Waals surface area contributed by atoms with Crippen molar-refractivity contribution in [2.75, 3.05) is 17.2 Å². The highest BCUT2D eigenvalue weighted by atomic mass is 16.1. The van der Waals surface area contributed by atoms with Crippen LogP contribution in [0.2, 0.25) is 0 Å². The second-order valence-electron chi connectivity index (χ2n) is 5.82. The first kappa shape index (κ1) is 17.9. The van der Waals surface area contributed by atoms with Crippen molar-refractivity contribution in [3.63, 3.8) is 0 Å². The van der Waals surface area contributed by atoms with Crippen molar-refractivity contribution in [2.45, 2.75) is 46.5 Å². The maximum atomic E-state index is 12.5. The minimum Gasteiger partial charge on any atom is -0.354 e. The van der Waals surface area contributed by atoms with Crippen molar-refractivity contribution < 1.29 is 4.79 Å². The van der Waals surface area contributed by atoms with E-state index >= 15 is 0 Å². The lowest BCUT2D eigenvalue weighted by atomic mass is 10.1. The van der Waals surface area contributed by atoms with Crippen molar-refractivity contribution in [1.82, 2.24) is 9.97 Å². The number of unbranched alkanes of at least 4 members (excludes halogenated alkanes) is 2. The molecular formula is C19H26N4O. The van der Waals surface area contributed by atoms with Crippen molar-refractivity contribution in [3.05, 3.63) is 47.3 Å². The van der Waals surface area contributed by atoms with Gasteiger partial charge in [-0.05, 0) is 37.5 Å². The van der Waals surface area contributed by atoms with E-state index in [-0.39, 0.29) is 5.91 Å². The van der Waals surface area contributed by atoms with E-state index in [9.17, 15) is 4.79 Å². The topological polar surface area (TPSA) is 66.9 Å². The van der Waals surface area contributed by atoms with Gasteiger partial charge in [0, 0.05) is 17.9 Å². The summed E-state index contributed by atoms with van der Waals surface area (Å²) in [5, 5.41) is 6.15. The van der Waals surface area contributed by atoms with Crippen molar-refractivity contribution in [3.8, 4) is 0 Å². The molecule has 0 saturated carbocycles. The van der Waals surface area contributed by atoms with Gasteiger partial charge in [0.2, 0.25) is 5.95 Å². The molecule has 0 spiro atoms. The number of aryl methyl sites for hydroxylation is 2. The fourth-order valence-electron chi connectivity index (χ4n) is 2.48. The van der Waals surface area contributed by atoms with E-state index < -0.39 is 0 Å². The second kappa shape index (κ2) is 9.01. The minimum atomic E-state index is -0.210. The maximum absolute atomic E-state index is 12.5. The van der Waals surface area contributed by atoms with Crippen LogP contribution in [0.1, 0.15) is 54.9 Å². The number of hydrogen-bond acceptors (Lipinski definition) is 4. The molecule has 2 N–H and O–H groups in total. The van der Waals surface area contributed by atoms with E-state index in [1.54, 1.807) is 6.07 Å². The van der Waals surface area contributed by atoms with Crippen molar-refractivity contribution >= 4 is 17.5 Å². The smallest absolute Gasteiger partial charge is 0.274 e. The number of nitrogens with one attached hydrogen (secondary N) is 2. The van der Waals surface area contributed by atoms with Crippen LogP contribution in [-0.4, -0.2) is 22.4 Å². The van der Waals surface area contributed by atoms with Crippen LogP contribution >= 0.6 is 0 Å². The van der Waals surface area contributed by atoms with E-state index in [1.807, 2.05) is 31.2 Å². The minimum absolute atomic E-state index is 0.210. The molecule has 0 unspecified atom stereocenters. The summed E-state index contributed by atoms with van der Waals surface area (Å²) in [6.45, 7) is 6.92. The van der Waals surface area contributed by atoms with Gasteiger partial charge in [0.25, 0.3) is 5.91 Å². The molecule has 0 aliphatic carbocycles. The number of amides is 1. The molecule has 1 aromatic heterocycles. The molecule has 2 rings (SSSR count). The Morgan fingerprint density at radius 3 is 2.67 bits per heavy atom. The lowest BCUT2D eigenvalue weighted by Crippen LogP contribution is -2.17. The van der Waals surface area contributed by atoms with Crippen molar-refractivity contribution in [1.29, 1.82) is 0 Å². The normalized spacial score (nSPS) is 10.5. The molecule has 2 aromatic rings. The number of para-hydroxylation sites is 1. The van der Waals surface area contributed by atoms with Crippen LogP contribution in [0.25, 0.3) is 0 Å². The Kier molecular flexibility index (Phi) is 6.73. The Bertz CT molecular complexity index is 685. The van der Waals surface area contributed by atoms with Gasteiger partial charge in [0.05, 0.1) is 0 Å². The monoisotopic (exact) mass is 326 g/mol. The molecule has 128 valence electrons. The van der Waals surface area contributed by atoms with Gasteiger partial charge in [-0.15, -0.1) is 0 Å². The number of benzene rings is 1. The van der Waals surface area contributed by atoms with Gasteiger partial charge in [-0.3, -0.25) is 4.79 Å². The van der Waals surface area contributed by atoms with Crippen LogP contribution in [0.3, 0.4) is 0 Å². The molecule has 1 heterocycles. The molecule has 24 heavy (non-hydrogen) atoms. The predicted octanol–water partition coefficient (Wildman–Crippen LogP) is 4.20. The van der Waals surface area contributed by atoms with Gasteiger partial charge >= 0.3 is 0 Å². The lowest BCUT2D eigenvalue weighted by molar-refractivity contribution is 0.102. The fourth-order valence-corrected chi connectivity index (χ4v) is 2.48. The summed E-state index contributed by atoms with van der Waals surface area (Å²) in [6, 6.07) is 9.53. The van der Waals surface area contributed by atoms with Gasteiger partial charge in [-0.1, -0.05) is 44.9 Å². The van der Waals surface area contributed by atoms with E-state index in [1.165, 1.54) is 12.8 Å². The Morgan fingerprint density at radius 2 is 1.92 bits per heavy atom. The number of nitrogens with zero attached hydrogens (tertiary/aromatic N) is 2. The van der Waals surface area contributed by atoms with Crippen LogP contribution in [0.15, 0.2) is 30.3 Å². The number of carbonyl (C=O) groups is 1. The number of carbonyl (C=O) groups excluding carboxylic acids is 1. The van der Waals surface area contributed by atoms with Crippen LogP contribution in [-0.2, 0) is 6.42 Å². The molecule has 1 aromatic carbocycles. The summed E-state index contributed by atoms with van der Waals surface area (Å²) in [5.41, 5.74) is 3.09. The highest BCUT2D eigenvalue weighted by molar-refractivity contribution is 6.03. The number of hydrogen-bond donors (Lipinski definition) is 2. The number of aromatic nitrogens is 2. The summed E-state index contributed by atoms with van der Waals surface area (Å²) >= 11 is 0. The molecule has 5 heteroatoms. The third-order valence-electron chi connectivity index (χ3n) is 3.80. The largest absolute Gasteiger partial charge is 0.354 e. The fraction of sp³-hybridized carbons (Fsp3) is 0.421. The van der Waals surface area contributed by atoms with Crippen LogP contribution in [0, 0.1) is 6.92 Å². The zero-order chi connectivity index (χ0) is 17.4. The first-order valence-electron chi connectivity index (χ1n) is 8.62. The van der Waals surface area contributed by atoms with Gasteiger partial charge in [0.1, 0.15) is 5.69 Å². The standard InChI is InChI=1S/C19H26N4O/c1-4-6-9-12-20-19-21-14(3)13-17(23-19)18(24)22-16-11-8-7-10-15(16)5-2/h7-8,10-11,13H,4-6,9,12H2,1-3H3,(H,22,24)(H,20,21,23). The Labute approximate surface area is 143 Å². The molecule has 1 amide bonds. The average molecular weight is 326 g/mol. The van der Waals surface area contributed by atoms with E-state index in [0.29, 0.717) is 11.6 Å². The Balaban J connectivity index is 2.09. The van der Waals surface area contributed by atoms with E-state index in [4.69, 9.17) is 0 Å². The molecule has 0 atom stereocenters. The van der Waals surface area contributed by atoms with Gasteiger partial charge in [-0.2, -0.15) is 0 Å². The third kappa shape index (κ3) is 5.05. The van der Waals surface area contributed by atoms with E-state index in [2.05, 4.69) is 34.4 Å². The first-order chi connectivity index (χ1) is 11.6. The third-order valence-corrected chi connectivity index (χ3v) is 3.80. The molecule has 5 nitrogen and oxygen atoms in total. The molecular weight excluding hydrogens is 300 g/mol. The van der Waals surface area contributed by atoms with Gasteiger partial charge < -0.3 is 10.6 Å². The number of rotatable bonds is 8. The van der Waals surface area contributed by atoms with Gasteiger partial charge in [-0.25, -0.2) is 9.97 Å².